The largest absolute Gasteiger partial charge is 0.416 e. The molecule has 0 radical (unpaired) electrons. The van der Waals surface area contributed by atoms with Crippen LogP contribution in [0.2, 0.25) is 0 Å². The normalized spacial score (nSPS) is 12.9. The Morgan fingerprint density at radius 3 is 1.94 bits per heavy atom. The third kappa shape index (κ3) is 2.61. The van der Waals surface area contributed by atoms with Gasteiger partial charge in [-0.25, -0.2) is 0 Å². The minimum Gasteiger partial charge on any atom is -0.282 e. The fraction of sp³-hybridized carbons (Fsp3) is 0.400. The summed E-state index contributed by atoms with van der Waals surface area (Å²) in [6.45, 7) is 3.62. The summed E-state index contributed by atoms with van der Waals surface area (Å²) in [5, 5.41) is 0. The van der Waals surface area contributed by atoms with E-state index >= 15 is 0 Å². The number of halogens is 3. The van der Waals surface area contributed by atoms with Crippen LogP contribution in [0, 0.1) is 20.8 Å². The molecule has 0 fully saturated rings. The molecule has 1 N–H and O–H groups in total. The zero-order chi connectivity index (χ0) is 13.6. The van der Waals surface area contributed by atoms with E-state index in [4.69, 9.17) is 4.55 Å². The van der Waals surface area contributed by atoms with Crippen LogP contribution in [0.4, 0.5) is 13.2 Å². The van der Waals surface area contributed by atoms with Crippen molar-refractivity contribution in [1.82, 2.24) is 0 Å². The molecule has 0 aliphatic heterocycles. The van der Waals surface area contributed by atoms with Crippen LogP contribution in [0.1, 0.15) is 22.3 Å². The van der Waals surface area contributed by atoms with Gasteiger partial charge in [0.25, 0.3) is 10.1 Å². The molecule has 0 unspecified atom stereocenters. The highest BCUT2D eigenvalue weighted by atomic mass is 32.2. The summed E-state index contributed by atoms with van der Waals surface area (Å²) in [5.41, 5.74) is -1.47. The Hall–Kier alpha value is -1.08. The van der Waals surface area contributed by atoms with Crippen molar-refractivity contribution in [2.75, 3.05) is 0 Å². The van der Waals surface area contributed by atoms with Crippen LogP contribution >= 0.6 is 0 Å². The maximum absolute atomic E-state index is 12.7. The molecule has 0 spiro atoms. The molecule has 0 saturated carbocycles. The monoisotopic (exact) mass is 268 g/mol. The first-order valence-corrected chi connectivity index (χ1v) is 6.05. The van der Waals surface area contributed by atoms with Gasteiger partial charge in [-0.3, -0.25) is 4.55 Å². The van der Waals surface area contributed by atoms with Gasteiger partial charge in [0.05, 0.1) is 5.56 Å². The van der Waals surface area contributed by atoms with Gasteiger partial charge < -0.3 is 0 Å². The van der Waals surface area contributed by atoms with E-state index in [9.17, 15) is 21.6 Å². The quantitative estimate of drug-likeness (QED) is 0.797. The van der Waals surface area contributed by atoms with Gasteiger partial charge in [0.15, 0.2) is 0 Å². The van der Waals surface area contributed by atoms with Gasteiger partial charge >= 0.3 is 6.18 Å². The Bertz CT molecular complexity index is 559. The fourth-order valence-corrected chi connectivity index (χ4v) is 2.96. The molecular formula is C10H11F3O3S. The first-order chi connectivity index (χ1) is 7.46. The van der Waals surface area contributed by atoms with Gasteiger partial charge in [-0.15, -0.1) is 0 Å². The van der Waals surface area contributed by atoms with E-state index < -0.39 is 32.3 Å². The molecule has 0 atom stereocenters. The minimum atomic E-state index is -4.66. The van der Waals surface area contributed by atoms with Gasteiger partial charge in [-0.2, -0.15) is 21.6 Å². The second-order valence-electron chi connectivity index (χ2n) is 3.81. The van der Waals surface area contributed by atoms with Crippen molar-refractivity contribution >= 4 is 10.1 Å². The van der Waals surface area contributed by atoms with E-state index in [1.165, 1.54) is 13.8 Å². The van der Waals surface area contributed by atoms with Crippen molar-refractivity contribution < 1.29 is 26.1 Å². The number of hydrogen-bond donors (Lipinski definition) is 1. The standard InChI is InChI=1S/C10H11F3O3S/c1-5-4-6(2)9(17(14,15)16)7(3)8(5)10(11,12)13/h4H,1-3H3,(H,14,15,16). The van der Waals surface area contributed by atoms with Crippen molar-refractivity contribution in [2.45, 2.75) is 31.8 Å². The average Bonchev–Trinajstić information content (AvgIpc) is 1.94. The maximum atomic E-state index is 12.7. The second kappa shape index (κ2) is 3.99. The topological polar surface area (TPSA) is 54.4 Å². The molecule has 0 aliphatic rings. The predicted octanol–water partition coefficient (Wildman–Crippen LogP) is 2.88. The van der Waals surface area contributed by atoms with Crippen LogP contribution in [0.3, 0.4) is 0 Å². The number of hydrogen-bond acceptors (Lipinski definition) is 2. The molecule has 0 aromatic heterocycles. The highest BCUT2D eigenvalue weighted by Crippen LogP contribution is 2.37. The zero-order valence-corrected chi connectivity index (χ0v) is 10.2. The molecule has 1 rings (SSSR count). The Morgan fingerprint density at radius 1 is 1.12 bits per heavy atom. The van der Waals surface area contributed by atoms with E-state index in [1.807, 2.05) is 0 Å². The Kier molecular flexibility index (Phi) is 3.28. The summed E-state index contributed by atoms with van der Waals surface area (Å²) in [6, 6.07) is 1.10. The van der Waals surface area contributed by atoms with Gasteiger partial charge in [0.1, 0.15) is 4.90 Å². The van der Waals surface area contributed by atoms with Crippen molar-refractivity contribution in [2.24, 2.45) is 0 Å². The highest BCUT2D eigenvalue weighted by molar-refractivity contribution is 7.86. The molecule has 17 heavy (non-hydrogen) atoms. The third-order valence-electron chi connectivity index (χ3n) is 2.44. The zero-order valence-electron chi connectivity index (χ0n) is 9.38. The van der Waals surface area contributed by atoms with Crippen molar-refractivity contribution in [3.8, 4) is 0 Å². The molecule has 1 aromatic carbocycles. The summed E-state index contributed by atoms with van der Waals surface area (Å²) < 4.78 is 69.2. The molecule has 7 heteroatoms. The first kappa shape index (κ1) is 14.0. The fourth-order valence-electron chi connectivity index (χ4n) is 2.00. The molecule has 0 saturated heterocycles. The Balaban J connectivity index is 3.80. The third-order valence-corrected chi connectivity index (χ3v) is 3.59. The lowest BCUT2D eigenvalue weighted by Crippen LogP contribution is -2.15. The van der Waals surface area contributed by atoms with Crippen LogP contribution in [0.5, 0.6) is 0 Å². The van der Waals surface area contributed by atoms with Gasteiger partial charge in [0.2, 0.25) is 0 Å². The molecule has 96 valence electrons. The number of benzene rings is 1. The van der Waals surface area contributed by atoms with Crippen molar-refractivity contribution in [3.05, 3.63) is 28.3 Å². The smallest absolute Gasteiger partial charge is 0.282 e. The van der Waals surface area contributed by atoms with Crippen LogP contribution in [0.15, 0.2) is 11.0 Å². The number of aryl methyl sites for hydroxylation is 2. The summed E-state index contributed by atoms with van der Waals surface area (Å²) in [7, 11) is -4.66. The molecule has 0 bridgehead atoms. The Labute approximate surface area is 97.0 Å². The summed E-state index contributed by atoms with van der Waals surface area (Å²) in [4.78, 5) is -0.671. The van der Waals surface area contributed by atoms with E-state index in [1.54, 1.807) is 0 Å². The lowest BCUT2D eigenvalue weighted by atomic mass is 9.99. The first-order valence-electron chi connectivity index (χ1n) is 4.61. The van der Waals surface area contributed by atoms with Crippen molar-refractivity contribution in [1.29, 1.82) is 0 Å². The number of rotatable bonds is 1. The highest BCUT2D eigenvalue weighted by Gasteiger charge is 2.37. The predicted molar refractivity (Wildman–Crippen MR) is 55.5 cm³/mol. The van der Waals surface area contributed by atoms with Crippen LogP contribution < -0.4 is 0 Å². The van der Waals surface area contributed by atoms with Gasteiger partial charge in [0, 0.05) is 0 Å². The average molecular weight is 268 g/mol. The Morgan fingerprint density at radius 2 is 1.59 bits per heavy atom. The lowest BCUT2D eigenvalue weighted by Gasteiger charge is -2.17. The number of alkyl halides is 3. The molecule has 1 aromatic rings. The van der Waals surface area contributed by atoms with E-state index in [2.05, 4.69) is 0 Å². The second-order valence-corrected chi connectivity index (χ2v) is 5.17. The van der Waals surface area contributed by atoms with Crippen LogP contribution in [-0.4, -0.2) is 13.0 Å². The molecule has 0 amide bonds. The van der Waals surface area contributed by atoms with Crippen LogP contribution in [-0.2, 0) is 16.3 Å². The van der Waals surface area contributed by atoms with E-state index in [0.717, 1.165) is 13.0 Å². The maximum Gasteiger partial charge on any atom is 0.416 e. The molecular weight excluding hydrogens is 257 g/mol. The van der Waals surface area contributed by atoms with Crippen molar-refractivity contribution in [3.63, 3.8) is 0 Å². The molecule has 0 aliphatic carbocycles. The van der Waals surface area contributed by atoms with Gasteiger partial charge in [-0.05, 0) is 37.5 Å². The summed E-state index contributed by atoms with van der Waals surface area (Å²) >= 11 is 0. The SMILES string of the molecule is Cc1cc(C)c(S(=O)(=O)O)c(C)c1C(F)(F)F. The van der Waals surface area contributed by atoms with E-state index in [-0.39, 0.29) is 11.1 Å². The summed E-state index contributed by atoms with van der Waals surface area (Å²) in [6.07, 6.45) is -4.65. The summed E-state index contributed by atoms with van der Waals surface area (Å²) in [5.74, 6) is 0. The molecule has 3 nitrogen and oxygen atoms in total. The van der Waals surface area contributed by atoms with Gasteiger partial charge in [-0.1, -0.05) is 6.07 Å². The van der Waals surface area contributed by atoms with Crippen LogP contribution in [0.25, 0.3) is 0 Å². The lowest BCUT2D eigenvalue weighted by molar-refractivity contribution is -0.138. The molecule has 0 heterocycles. The van der Waals surface area contributed by atoms with E-state index in [0.29, 0.717) is 0 Å². The minimum absolute atomic E-state index is 0.0695.